The minimum atomic E-state index is -4.41. The van der Waals surface area contributed by atoms with Crippen LogP contribution in [0, 0.1) is 0 Å². The summed E-state index contributed by atoms with van der Waals surface area (Å²) in [6, 6.07) is 7.99. The first-order valence-electron chi connectivity index (χ1n) is 8.50. The van der Waals surface area contributed by atoms with E-state index in [1.54, 1.807) is 12.1 Å². The zero-order valence-corrected chi connectivity index (χ0v) is 15.0. The molecule has 152 valence electrons. The number of fused-ring (bicyclic) bond motifs is 1. The van der Waals surface area contributed by atoms with E-state index in [1.165, 1.54) is 19.2 Å². The molecule has 0 radical (unpaired) electrons. The van der Waals surface area contributed by atoms with E-state index in [-0.39, 0.29) is 19.9 Å². The number of hydrogen-bond donors (Lipinski definition) is 3. The lowest BCUT2D eigenvalue weighted by Crippen LogP contribution is -2.31. The number of ether oxygens (including phenoxy) is 3. The van der Waals surface area contributed by atoms with Gasteiger partial charge in [0.15, 0.2) is 11.5 Å². The molecule has 0 amide bonds. The van der Waals surface area contributed by atoms with E-state index in [4.69, 9.17) is 14.2 Å². The third-order valence-electron chi connectivity index (χ3n) is 4.32. The monoisotopic (exact) mass is 399 g/mol. The fourth-order valence-electron chi connectivity index (χ4n) is 2.88. The highest BCUT2D eigenvalue weighted by molar-refractivity contribution is 5.55. The van der Waals surface area contributed by atoms with Gasteiger partial charge in [0.05, 0.1) is 18.8 Å². The predicted octanol–water partition coefficient (Wildman–Crippen LogP) is 2.63. The van der Waals surface area contributed by atoms with Crippen LogP contribution in [0.1, 0.15) is 22.8 Å². The molecule has 3 N–H and O–H groups in total. The lowest BCUT2D eigenvalue weighted by Gasteiger charge is -2.20. The SMILES string of the molecule is COc1cc([C@@H](O)[C@@H](O)CNCc2cccc(C(F)(F)F)c2)cc2c1OCO2. The number of rotatable bonds is 7. The Bertz CT molecular complexity index is 828. The number of benzene rings is 2. The Labute approximate surface area is 159 Å². The second-order valence-electron chi connectivity index (χ2n) is 6.30. The smallest absolute Gasteiger partial charge is 0.416 e. The zero-order valence-electron chi connectivity index (χ0n) is 15.0. The highest BCUT2D eigenvalue weighted by Gasteiger charge is 2.30. The highest BCUT2D eigenvalue weighted by Crippen LogP contribution is 2.43. The molecule has 6 nitrogen and oxygen atoms in total. The molecule has 0 fully saturated rings. The van der Waals surface area contributed by atoms with Crippen molar-refractivity contribution in [2.24, 2.45) is 0 Å². The van der Waals surface area contributed by atoms with E-state index < -0.39 is 23.9 Å². The standard InChI is InChI=1S/C19H20F3NO5/c1-26-15-6-12(7-16-18(15)28-10-27-16)17(25)14(24)9-23-8-11-3-2-4-13(5-11)19(20,21)22/h2-7,14,17,23-25H,8-10H2,1H3/t14-,17+/m0/s1. The largest absolute Gasteiger partial charge is 0.493 e. The lowest BCUT2D eigenvalue weighted by molar-refractivity contribution is -0.137. The fraction of sp³-hybridized carbons (Fsp3) is 0.368. The van der Waals surface area contributed by atoms with Crippen molar-refractivity contribution in [3.05, 3.63) is 53.1 Å². The summed E-state index contributed by atoms with van der Waals surface area (Å²) in [5.74, 6) is 1.20. The highest BCUT2D eigenvalue weighted by atomic mass is 19.4. The van der Waals surface area contributed by atoms with Crippen LogP contribution in [0.2, 0.25) is 0 Å². The molecule has 0 bridgehead atoms. The van der Waals surface area contributed by atoms with Gasteiger partial charge in [-0.3, -0.25) is 0 Å². The molecule has 2 aromatic carbocycles. The number of methoxy groups -OCH3 is 1. The minimum Gasteiger partial charge on any atom is -0.493 e. The second-order valence-corrected chi connectivity index (χ2v) is 6.30. The summed E-state index contributed by atoms with van der Waals surface area (Å²) in [7, 11) is 1.44. The summed E-state index contributed by atoms with van der Waals surface area (Å²) in [6.45, 7) is 0.110. The van der Waals surface area contributed by atoms with Crippen LogP contribution in [0.15, 0.2) is 36.4 Å². The van der Waals surface area contributed by atoms with Crippen LogP contribution in [0.4, 0.5) is 13.2 Å². The quantitative estimate of drug-likeness (QED) is 0.664. The maximum Gasteiger partial charge on any atom is 0.416 e. The van der Waals surface area contributed by atoms with Gasteiger partial charge in [0.25, 0.3) is 0 Å². The Morgan fingerprint density at radius 3 is 2.68 bits per heavy atom. The third kappa shape index (κ3) is 4.49. The van der Waals surface area contributed by atoms with E-state index >= 15 is 0 Å². The number of nitrogens with one attached hydrogen (secondary N) is 1. The van der Waals surface area contributed by atoms with Gasteiger partial charge in [-0.05, 0) is 29.3 Å². The van der Waals surface area contributed by atoms with Gasteiger partial charge in [-0.1, -0.05) is 18.2 Å². The Morgan fingerprint density at radius 1 is 1.18 bits per heavy atom. The molecule has 0 saturated heterocycles. The van der Waals surface area contributed by atoms with Gasteiger partial charge >= 0.3 is 6.18 Å². The molecule has 3 rings (SSSR count). The third-order valence-corrected chi connectivity index (χ3v) is 4.32. The molecule has 1 heterocycles. The van der Waals surface area contributed by atoms with Crippen molar-refractivity contribution in [2.75, 3.05) is 20.4 Å². The maximum atomic E-state index is 12.7. The van der Waals surface area contributed by atoms with Crippen molar-refractivity contribution in [1.82, 2.24) is 5.32 Å². The Kier molecular flexibility index (Phi) is 5.97. The molecule has 0 unspecified atom stereocenters. The molecule has 1 aliphatic rings. The van der Waals surface area contributed by atoms with Crippen LogP contribution < -0.4 is 19.5 Å². The molecule has 0 spiro atoms. The summed E-state index contributed by atoms with van der Waals surface area (Å²) in [4.78, 5) is 0. The van der Waals surface area contributed by atoms with Crippen LogP contribution in [-0.4, -0.2) is 36.8 Å². The van der Waals surface area contributed by atoms with Gasteiger partial charge in [-0.25, -0.2) is 0 Å². The first kappa shape index (κ1) is 20.2. The predicted molar refractivity (Wildman–Crippen MR) is 93.2 cm³/mol. The van der Waals surface area contributed by atoms with Crippen LogP contribution in [-0.2, 0) is 12.7 Å². The lowest BCUT2D eigenvalue weighted by atomic mass is 10.0. The second kappa shape index (κ2) is 8.26. The molecule has 1 aliphatic heterocycles. The first-order valence-corrected chi connectivity index (χ1v) is 8.50. The van der Waals surface area contributed by atoms with Crippen LogP contribution in [0.5, 0.6) is 17.2 Å². The van der Waals surface area contributed by atoms with Crippen LogP contribution >= 0.6 is 0 Å². The molecule has 2 aromatic rings. The molecule has 2 atom stereocenters. The van der Waals surface area contributed by atoms with Crippen LogP contribution in [0.25, 0.3) is 0 Å². The average molecular weight is 399 g/mol. The molecular weight excluding hydrogens is 379 g/mol. The Morgan fingerprint density at radius 2 is 1.96 bits per heavy atom. The number of aliphatic hydroxyl groups is 2. The van der Waals surface area contributed by atoms with E-state index in [0.717, 1.165) is 12.1 Å². The van der Waals surface area contributed by atoms with E-state index in [1.807, 2.05) is 0 Å². The van der Waals surface area contributed by atoms with Crippen molar-refractivity contribution >= 4 is 0 Å². The number of hydrogen-bond acceptors (Lipinski definition) is 6. The van der Waals surface area contributed by atoms with Gasteiger partial charge < -0.3 is 29.7 Å². The molecule has 9 heteroatoms. The fourth-order valence-corrected chi connectivity index (χ4v) is 2.88. The topological polar surface area (TPSA) is 80.2 Å². The zero-order chi connectivity index (χ0) is 20.3. The summed E-state index contributed by atoms with van der Waals surface area (Å²) < 4.78 is 54.0. The van der Waals surface area contributed by atoms with Crippen LogP contribution in [0.3, 0.4) is 0 Å². The van der Waals surface area contributed by atoms with Crippen molar-refractivity contribution < 1.29 is 37.6 Å². The number of halogens is 3. The van der Waals surface area contributed by atoms with E-state index in [9.17, 15) is 23.4 Å². The van der Waals surface area contributed by atoms with Crippen molar-refractivity contribution in [2.45, 2.75) is 24.9 Å². The van der Waals surface area contributed by atoms with E-state index in [0.29, 0.717) is 28.4 Å². The summed E-state index contributed by atoms with van der Waals surface area (Å²) >= 11 is 0. The molecular formula is C19H20F3NO5. The van der Waals surface area contributed by atoms with Gasteiger partial charge in [0, 0.05) is 13.1 Å². The molecule has 0 saturated carbocycles. The van der Waals surface area contributed by atoms with Crippen molar-refractivity contribution in [3.8, 4) is 17.2 Å². The van der Waals surface area contributed by atoms with Gasteiger partial charge in [0.2, 0.25) is 12.5 Å². The maximum absolute atomic E-state index is 12.7. The van der Waals surface area contributed by atoms with Crippen molar-refractivity contribution in [1.29, 1.82) is 0 Å². The van der Waals surface area contributed by atoms with Crippen molar-refractivity contribution in [3.63, 3.8) is 0 Å². The molecule has 28 heavy (non-hydrogen) atoms. The normalized spacial score (nSPS) is 15.4. The number of aliphatic hydroxyl groups excluding tert-OH is 2. The molecule has 0 aromatic heterocycles. The summed E-state index contributed by atoms with van der Waals surface area (Å²) in [5, 5.41) is 23.5. The van der Waals surface area contributed by atoms with Gasteiger partial charge in [-0.2, -0.15) is 13.2 Å². The Balaban J connectivity index is 1.60. The van der Waals surface area contributed by atoms with E-state index in [2.05, 4.69) is 5.32 Å². The first-order chi connectivity index (χ1) is 13.3. The Hall–Kier alpha value is -2.49. The summed E-state index contributed by atoms with van der Waals surface area (Å²) in [6.07, 6.45) is -6.86. The van der Waals surface area contributed by atoms with Gasteiger partial charge in [0.1, 0.15) is 6.10 Å². The molecule has 0 aliphatic carbocycles. The summed E-state index contributed by atoms with van der Waals surface area (Å²) in [5.41, 5.74) is 0.0515. The minimum absolute atomic E-state index is 0.0336. The van der Waals surface area contributed by atoms with Gasteiger partial charge in [-0.15, -0.1) is 0 Å². The average Bonchev–Trinajstić information content (AvgIpc) is 3.14. The number of alkyl halides is 3.